The third-order valence-corrected chi connectivity index (χ3v) is 8.59. The van der Waals surface area contributed by atoms with Crippen molar-refractivity contribution in [2.75, 3.05) is 0 Å². The first-order chi connectivity index (χ1) is 15.4. The Labute approximate surface area is 190 Å². The summed E-state index contributed by atoms with van der Waals surface area (Å²) in [6.07, 6.45) is 0. The van der Waals surface area contributed by atoms with Crippen molar-refractivity contribution in [2.24, 2.45) is 0 Å². The maximum Gasteiger partial charge on any atom is 0.353 e. The summed E-state index contributed by atoms with van der Waals surface area (Å²) < 4.78 is 6.47. The number of phenols is 1. The van der Waals surface area contributed by atoms with Crippen molar-refractivity contribution in [3.63, 3.8) is 0 Å². The van der Waals surface area contributed by atoms with Crippen molar-refractivity contribution in [3.05, 3.63) is 119 Å². The van der Waals surface area contributed by atoms with Crippen LogP contribution in [0.3, 0.4) is 0 Å². The van der Waals surface area contributed by atoms with Crippen molar-refractivity contribution in [1.82, 2.24) is 0 Å². The summed E-state index contributed by atoms with van der Waals surface area (Å²) in [5.41, 5.74) is 3.53. The van der Waals surface area contributed by atoms with Gasteiger partial charge in [-0.15, -0.1) is 0 Å². The second kappa shape index (κ2) is 8.93. The minimum absolute atomic E-state index is 0.0949. The number of carbonyl (C=O) groups excluding carboxylic acids is 1. The first kappa shape index (κ1) is 21.7. The molecule has 0 saturated carbocycles. The molecule has 0 aromatic heterocycles. The average molecular weight is 443 g/mol. The van der Waals surface area contributed by atoms with Crippen LogP contribution in [0.15, 0.2) is 112 Å². The van der Waals surface area contributed by atoms with Gasteiger partial charge in [0, 0.05) is 14.7 Å². The van der Waals surface area contributed by atoms with Crippen molar-refractivity contribution in [1.29, 1.82) is 0 Å². The van der Waals surface area contributed by atoms with Gasteiger partial charge >= 0.3 is 5.97 Å². The Morgan fingerprint density at radius 2 is 1.00 bits per heavy atom. The number of aryl methyl sites for hydroxylation is 3. The van der Waals surface area contributed by atoms with Gasteiger partial charge in [0.25, 0.3) is 0 Å². The Kier molecular flexibility index (Phi) is 6.06. The molecule has 0 aliphatic rings. The molecule has 4 heteroatoms. The molecule has 0 unspecified atom stereocenters. The molecule has 0 aliphatic carbocycles. The summed E-state index contributed by atoms with van der Waals surface area (Å²) in [6, 6.07) is 30.9. The Hall–Kier alpha value is -3.50. The first-order valence-corrected chi connectivity index (χ1v) is 12.0. The first-order valence-electron chi connectivity index (χ1n) is 10.5. The molecule has 1 N–H and O–H groups in total. The fraction of sp³-hybridized carbons (Fsp3) is 0.107. The SMILES string of the molecule is Cc1ccc(S(OC(=O)c2ccccc2O)(c2ccc(C)cc2)c2ccc(C)cc2)cc1. The molecule has 32 heavy (non-hydrogen) atoms. The standard InChI is InChI=1S/C28H26O3S/c1-20-8-14-23(15-9-20)32(24-16-10-21(2)11-17-24,25-18-12-22(3)13-19-25)31-28(30)26-6-4-5-7-27(26)29/h4-19,29H,1-3H3. The van der Waals surface area contributed by atoms with E-state index in [0.717, 1.165) is 31.4 Å². The molecule has 0 aliphatic heterocycles. The van der Waals surface area contributed by atoms with Crippen molar-refractivity contribution < 1.29 is 14.1 Å². The van der Waals surface area contributed by atoms with Crippen LogP contribution in [-0.2, 0) is 4.18 Å². The molecule has 0 amide bonds. The highest BCUT2D eigenvalue weighted by atomic mass is 32.3. The monoisotopic (exact) mass is 442 g/mol. The van der Waals surface area contributed by atoms with Crippen LogP contribution in [0.25, 0.3) is 0 Å². The number of aromatic hydroxyl groups is 1. The number of hydrogen-bond donors (Lipinski definition) is 1. The maximum atomic E-state index is 13.4. The van der Waals surface area contributed by atoms with Crippen LogP contribution in [0.2, 0.25) is 0 Å². The van der Waals surface area contributed by atoms with Crippen LogP contribution in [0.5, 0.6) is 5.75 Å². The summed E-state index contributed by atoms with van der Waals surface area (Å²) in [4.78, 5) is 16.2. The molecular formula is C28H26O3S. The highest BCUT2D eigenvalue weighted by molar-refractivity contribution is 8.30. The fourth-order valence-corrected chi connectivity index (χ4v) is 6.53. The second-order valence-electron chi connectivity index (χ2n) is 7.88. The van der Waals surface area contributed by atoms with Crippen molar-refractivity contribution >= 4 is 16.3 Å². The Morgan fingerprint density at radius 3 is 1.38 bits per heavy atom. The van der Waals surface area contributed by atoms with Gasteiger partial charge in [-0.3, -0.25) is 0 Å². The van der Waals surface area contributed by atoms with E-state index >= 15 is 0 Å². The number of phenolic OH excluding ortho intramolecular Hbond substituents is 1. The van der Waals surface area contributed by atoms with Crippen LogP contribution < -0.4 is 0 Å². The lowest BCUT2D eigenvalue weighted by Crippen LogP contribution is -2.14. The molecule has 0 heterocycles. The predicted octanol–water partition coefficient (Wildman–Crippen LogP) is 7.37. The van der Waals surface area contributed by atoms with Gasteiger partial charge < -0.3 is 9.29 Å². The summed E-state index contributed by atoms with van der Waals surface area (Å²) in [5, 5.41) is 10.3. The minimum Gasteiger partial charge on any atom is -0.507 e. The number of rotatable bonds is 5. The number of benzene rings is 4. The van der Waals surface area contributed by atoms with E-state index in [1.165, 1.54) is 6.07 Å². The maximum absolute atomic E-state index is 13.4. The number of carbonyl (C=O) groups is 1. The van der Waals surface area contributed by atoms with Gasteiger partial charge in [0.15, 0.2) is 0 Å². The average Bonchev–Trinajstić information content (AvgIpc) is 2.79. The van der Waals surface area contributed by atoms with Crippen LogP contribution in [0.4, 0.5) is 0 Å². The zero-order valence-corrected chi connectivity index (χ0v) is 19.2. The van der Waals surface area contributed by atoms with Crippen LogP contribution in [0.1, 0.15) is 27.0 Å². The molecular weight excluding hydrogens is 416 g/mol. The summed E-state index contributed by atoms with van der Waals surface area (Å²) >= 11 is 0. The van der Waals surface area contributed by atoms with Crippen molar-refractivity contribution in [3.8, 4) is 5.75 Å². The summed E-state index contributed by atoms with van der Waals surface area (Å²) in [6.45, 7) is 6.10. The zero-order chi connectivity index (χ0) is 22.7. The zero-order valence-electron chi connectivity index (χ0n) is 18.4. The van der Waals surface area contributed by atoms with E-state index in [2.05, 4.69) is 0 Å². The van der Waals surface area contributed by atoms with Crippen LogP contribution in [0, 0.1) is 20.8 Å². The molecule has 0 atom stereocenters. The molecule has 4 rings (SSSR count). The lowest BCUT2D eigenvalue weighted by atomic mass is 10.2. The van der Waals surface area contributed by atoms with Gasteiger partial charge in [-0.1, -0.05) is 65.2 Å². The molecule has 4 aromatic carbocycles. The van der Waals surface area contributed by atoms with Gasteiger partial charge in [0.2, 0.25) is 0 Å². The quantitative estimate of drug-likeness (QED) is 0.351. The predicted molar refractivity (Wildman–Crippen MR) is 129 cm³/mol. The highest BCUT2D eigenvalue weighted by Gasteiger charge is 2.36. The van der Waals surface area contributed by atoms with Crippen molar-refractivity contribution in [2.45, 2.75) is 35.5 Å². The fourth-order valence-electron chi connectivity index (χ4n) is 3.55. The third kappa shape index (κ3) is 4.14. The third-order valence-electron chi connectivity index (χ3n) is 5.38. The van der Waals surface area contributed by atoms with Gasteiger partial charge in [-0.25, -0.2) is 4.79 Å². The van der Waals surface area contributed by atoms with E-state index in [1.807, 2.05) is 93.6 Å². The topological polar surface area (TPSA) is 46.5 Å². The minimum atomic E-state index is -2.41. The van der Waals surface area contributed by atoms with Crippen LogP contribution in [-0.4, -0.2) is 11.1 Å². The molecule has 0 radical (unpaired) electrons. The summed E-state index contributed by atoms with van der Waals surface area (Å²) in [7, 11) is -2.41. The van der Waals surface area contributed by atoms with E-state index in [1.54, 1.807) is 18.2 Å². The largest absolute Gasteiger partial charge is 0.507 e. The Morgan fingerprint density at radius 1 is 0.625 bits per heavy atom. The molecule has 162 valence electrons. The Bertz CT molecular complexity index is 1120. The van der Waals surface area contributed by atoms with E-state index in [4.69, 9.17) is 4.18 Å². The van der Waals surface area contributed by atoms with Crippen LogP contribution >= 0.6 is 10.3 Å². The molecule has 3 nitrogen and oxygen atoms in total. The molecule has 4 aromatic rings. The molecule has 0 fully saturated rings. The van der Waals surface area contributed by atoms with E-state index < -0.39 is 16.3 Å². The lowest BCUT2D eigenvalue weighted by molar-refractivity contribution is 0.0754. The van der Waals surface area contributed by atoms with E-state index in [-0.39, 0.29) is 11.3 Å². The van der Waals surface area contributed by atoms with Gasteiger partial charge in [0.05, 0.1) is 0 Å². The van der Waals surface area contributed by atoms with Gasteiger partial charge in [0.1, 0.15) is 11.3 Å². The normalized spacial score (nSPS) is 11.7. The number of hydrogen-bond acceptors (Lipinski definition) is 3. The van der Waals surface area contributed by atoms with Gasteiger partial charge in [-0.05, 0) is 79.6 Å². The highest BCUT2D eigenvalue weighted by Crippen LogP contribution is 2.69. The number of para-hydroxylation sites is 1. The van der Waals surface area contributed by atoms with E-state index in [0.29, 0.717) is 0 Å². The Balaban J connectivity index is 1.98. The smallest absolute Gasteiger partial charge is 0.353 e. The van der Waals surface area contributed by atoms with E-state index in [9.17, 15) is 9.90 Å². The molecule has 0 bridgehead atoms. The lowest BCUT2D eigenvalue weighted by Gasteiger charge is -2.40. The van der Waals surface area contributed by atoms with Gasteiger partial charge in [-0.2, -0.15) is 0 Å². The second-order valence-corrected chi connectivity index (χ2v) is 10.6. The summed E-state index contributed by atoms with van der Waals surface area (Å²) in [5.74, 6) is -0.651. The molecule has 0 saturated heterocycles. The molecule has 0 spiro atoms.